The van der Waals surface area contributed by atoms with E-state index in [0.717, 1.165) is 16.5 Å². The number of hydrogen-bond acceptors (Lipinski definition) is 6. The summed E-state index contributed by atoms with van der Waals surface area (Å²) in [4.78, 5) is 36.7. The fourth-order valence-corrected chi connectivity index (χ4v) is 2.26. The van der Waals surface area contributed by atoms with Gasteiger partial charge in [0.2, 0.25) is 0 Å². The van der Waals surface area contributed by atoms with E-state index in [2.05, 4.69) is 11.9 Å². The van der Waals surface area contributed by atoms with E-state index in [1.807, 2.05) is 0 Å². The minimum absolute atomic E-state index is 0.0632. The zero-order valence-electron chi connectivity index (χ0n) is 13.2. The highest BCUT2D eigenvalue weighted by molar-refractivity contribution is 6.17. The molecule has 126 valence electrons. The van der Waals surface area contributed by atoms with E-state index in [4.69, 9.17) is 9.84 Å². The maximum absolute atomic E-state index is 12.1. The van der Waals surface area contributed by atoms with Crippen molar-refractivity contribution in [2.24, 2.45) is 0 Å². The van der Waals surface area contributed by atoms with Crippen molar-refractivity contribution in [3.05, 3.63) is 53.8 Å². The molecule has 0 atom stereocenters. The van der Waals surface area contributed by atoms with Crippen LogP contribution in [0.5, 0.6) is 0 Å². The molecule has 7 heteroatoms. The van der Waals surface area contributed by atoms with Crippen molar-refractivity contribution >= 4 is 23.5 Å². The Morgan fingerprint density at radius 2 is 2.12 bits per heavy atom. The number of aliphatic hydroxyl groups is 1. The summed E-state index contributed by atoms with van der Waals surface area (Å²) in [6, 6.07) is 4.92. The highest BCUT2D eigenvalue weighted by atomic mass is 16.5. The number of anilines is 1. The number of aliphatic hydroxyl groups excluding tert-OH is 1. The molecule has 1 aromatic carbocycles. The Morgan fingerprint density at radius 3 is 2.79 bits per heavy atom. The van der Waals surface area contributed by atoms with Gasteiger partial charge in [-0.2, -0.15) is 0 Å². The Kier molecular flexibility index (Phi) is 5.49. The number of amides is 2. The second-order valence-corrected chi connectivity index (χ2v) is 5.18. The van der Waals surface area contributed by atoms with Gasteiger partial charge in [0.1, 0.15) is 12.3 Å². The number of nitrogens with zero attached hydrogens (tertiary/aromatic N) is 1. The third-order valence-corrected chi connectivity index (χ3v) is 3.26. The van der Waals surface area contributed by atoms with Gasteiger partial charge in [0.15, 0.2) is 0 Å². The lowest BCUT2D eigenvalue weighted by atomic mass is 10.1. The molecular formula is C17H18N2O5. The van der Waals surface area contributed by atoms with Crippen molar-refractivity contribution in [3.8, 4) is 0 Å². The van der Waals surface area contributed by atoms with Crippen LogP contribution in [0.25, 0.3) is 0 Å². The molecule has 1 aliphatic heterocycles. The number of carbonyl (C=O) groups excluding carboxylic acids is 3. The van der Waals surface area contributed by atoms with Gasteiger partial charge in [-0.05, 0) is 30.7 Å². The molecule has 0 fully saturated rings. The second-order valence-electron chi connectivity index (χ2n) is 5.18. The van der Waals surface area contributed by atoms with E-state index in [1.54, 1.807) is 19.1 Å². The van der Waals surface area contributed by atoms with Gasteiger partial charge in [-0.25, -0.2) is 4.79 Å². The topological polar surface area (TPSA) is 95.9 Å². The van der Waals surface area contributed by atoms with E-state index in [1.165, 1.54) is 12.1 Å². The highest BCUT2D eigenvalue weighted by Crippen LogP contribution is 2.20. The smallest absolute Gasteiger partial charge is 0.338 e. The maximum atomic E-state index is 12.1. The molecule has 2 rings (SSSR count). The summed E-state index contributed by atoms with van der Waals surface area (Å²) >= 11 is 0. The quantitative estimate of drug-likeness (QED) is 0.440. The first-order chi connectivity index (χ1) is 11.5. The molecule has 0 spiro atoms. The van der Waals surface area contributed by atoms with Crippen molar-refractivity contribution in [1.29, 1.82) is 0 Å². The van der Waals surface area contributed by atoms with Crippen LogP contribution in [0.4, 0.5) is 5.69 Å². The molecule has 0 aliphatic carbocycles. The van der Waals surface area contributed by atoms with Crippen LogP contribution in [-0.4, -0.2) is 47.5 Å². The van der Waals surface area contributed by atoms with Crippen LogP contribution in [0, 0.1) is 6.92 Å². The van der Waals surface area contributed by atoms with Crippen LogP contribution in [0.2, 0.25) is 0 Å². The summed E-state index contributed by atoms with van der Waals surface area (Å²) in [7, 11) is 0. The minimum atomic E-state index is -0.522. The van der Waals surface area contributed by atoms with Gasteiger partial charge < -0.3 is 15.2 Å². The summed E-state index contributed by atoms with van der Waals surface area (Å²) in [5, 5.41) is 11.7. The molecule has 2 N–H and O–H groups in total. The summed E-state index contributed by atoms with van der Waals surface area (Å²) in [6.07, 6.45) is 2.63. The van der Waals surface area contributed by atoms with Crippen molar-refractivity contribution in [3.63, 3.8) is 0 Å². The Bertz CT molecular complexity index is 724. The monoisotopic (exact) mass is 330 g/mol. The fourth-order valence-electron chi connectivity index (χ4n) is 2.26. The van der Waals surface area contributed by atoms with Gasteiger partial charge in [0.05, 0.1) is 18.7 Å². The molecular weight excluding hydrogens is 312 g/mol. The molecule has 0 radical (unpaired) electrons. The first kappa shape index (κ1) is 17.4. The standard InChI is InChI=1S/C17H18N2O5/c1-3-6-24-17(23)12-7-11(2)8-13(9-12)18-14-10-15(21)19(4-5-20)16(14)22/h3,7-10,18,20H,1,4-6H2,2H3. The number of nitrogens with one attached hydrogen (secondary N) is 1. The van der Waals surface area contributed by atoms with Crippen LogP contribution in [-0.2, 0) is 14.3 Å². The number of carbonyl (C=O) groups is 3. The van der Waals surface area contributed by atoms with Gasteiger partial charge >= 0.3 is 5.97 Å². The molecule has 24 heavy (non-hydrogen) atoms. The van der Waals surface area contributed by atoms with E-state index >= 15 is 0 Å². The average molecular weight is 330 g/mol. The predicted octanol–water partition coefficient (Wildman–Crippen LogP) is 0.995. The number of aryl methyl sites for hydroxylation is 1. The van der Waals surface area contributed by atoms with Crippen molar-refractivity contribution < 1.29 is 24.2 Å². The summed E-state index contributed by atoms with van der Waals surface area (Å²) in [5.41, 5.74) is 1.68. The molecule has 2 amide bonds. The van der Waals surface area contributed by atoms with E-state index in [9.17, 15) is 14.4 Å². The summed E-state index contributed by atoms with van der Waals surface area (Å²) in [6.45, 7) is 5.01. The summed E-state index contributed by atoms with van der Waals surface area (Å²) in [5.74, 6) is -1.52. The Labute approximate surface area is 139 Å². The van der Waals surface area contributed by atoms with Crippen LogP contribution in [0.15, 0.2) is 42.6 Å². The van der Waals surface area contributed by atoms with Gasteiger partial charge in [-0.1, -0.05) is 12.7 Å². The van der Waals surface area contributed by atoms with Crippen molar-refractivity contribution in [2.45, 2.75) is 6.92 Å². The van der Waals surface area contributed by atoms with Crippen LogP contribution in [0.1, 0.15) is 15.9 Å². The third kappa shape index (κ3) is 3.88. The maximum Gasteiger partial charge on any atom is 0.338 e. The predicted molar refractivity (Wildman–Crippen MR) is 87.2 cm³/mol. The minimum Gasteiger partial charge on any atom is -0.458 e. The van der Waals surface area contributed by atoms with Crippen molar-refractivity contribution in [1.82, 2.24) is 4.90 Å². The number of hydrogen-bond donors (Lipinski definition) is 2. The van der Waals surface area contributed by atoms with Crippen molar-refractivity contribution in [2.75, 3.05) is 25.1 Å². The first-order valence-corrected chi connectivity index (χ1v) is 7.31. The average Bonchev–Trinajstić information content (AvgIpc) is 2.80. The van der Waals surface area contributed by atoms with Crippen LogP contribution < -0.4 is 5.32 Å². The zero-order valence-corrected chi connectivity index (χ0v) is 13.2. The van der Waals surface area contributed by atoms with Gasteiger partial charge in [-0.3, -0.25) is 14.5 Å². The highest BCUT2D eigenvalue weighted by Gasteiger charge is 2.30. The lowest BCUT2D eigenvalue weighted by Crippen LogP contribution is -2.34. The molecule has 0 aromatic heterocycles. The lowest BCUT2D eigenvalue weighted by molar-refractivity contribution is -0.137. The molecule has 0 bridgehead atoms. The number of β-amino-alcohol motifs (C(OH)–C–C–N with tert-alkyl or cyclic N) is 1. The Morgan fingerprint density at radius 1 is 1.38 bits per heavy atom. The van der Waals surface area contributed by atoms with E-state index in [0.29, 0.717) is 11.3 Å². The van der Waals surface area contributed by atoms with Gasteiger partial charge in [0.25, 0.3) is 11.8 Å². The number of imide groups is 1. The SMILES string of the molecule is C=CCOC(=O)c1cc(C)cc(NC2=CC(=O)N(CCO)C2=O)c1. The zero-order chi connectivity index (χ0) is 17.7. The second kappa shape index (κ2) is 7.56. The number of esters is 1. The van der Waals surface area contributed by atoms with Crippen LogP contribution in [0.3, 0.4) is 0 Å². The van der Waals surface area contributed by atoms with Gasteiger partial charge in [0, 0.05) is 11.8 Å². The van der Waals surface area contributed by atoms with Crippen LogP contribution >= 0.6 is 0 Å². The molecule has 0 unspecified atom stereocenters. The number of ether oxygens (including phenoxy) is 1. The molecule has 1 heterocycles. The fraction of sp³-hybridized carbons (Fsp3) is 0.235. The Balaban J connectivity index is 2.18. The Hall–Kier alpha value is -2.93. The molecule has 1 aromatic rings. The largest absolute Gasteiger partial charge is 0.458 e. The third-order valence-electron chi connectivity index (χ3n) is 3.26. The first-order valence-electron chi connectivity index (χ1n) is 7.31. The number of rotatable bonds is 7. The normalized spacial score (nSPS) is 13.8. The van der Waals surface area contributed by atoms with E-state index in [-0.39, 0.29) is 25.5 Å². The summed E-state index contributed by atoms with van der Waals surface area (Å²) < 4.78 is 4.99. The molecule has 0 saturated heterocycles. The molecule has 7 nitrogen and oxygen atoms in total. The molecule has 1 aliphatic rings. The molecule has 0 saturated carbocycles. The van der Waals surface area contributed by atoms with Gasteiger partial charge in [-0.15, -0.1) is 0 Å². The lowest BCUT2D eigenvalue weighted by Gasteiger charge is -2.14. The van der Waals surface area contributed by atoms with E-state index < -0.39 is 17.8 Å². The number of benzene rings is 1.